The first-order valence-electron chi connectivity index (χ1n) is 6.03. The molecule has 1 atom stereocenters. The Bertz CT molecular complexity index is 529. The van der Waals surface area contributed by atoms with Gasteiger partial charge in [-0.25, -0.2) is 0 Å². The number of fused-ring (bicyclic) bond motifs is 1. The lowest BCUT2D eigenvalue weighted by Gasteiger charge is -2.38. The Balaban J connectivity index is 2.72. The van der Waals surface area contributed by atoms with Crippen molar-refractivity contribution < 1.29 is 4.79 Å². The second-order valence-electron chi connectivity index (χ2n) is 5.61. The number of carbonyl (C=O) groups is 1. The molecule has 0 saturated heterocycles. The third kappa shape index (κ3) is 1.69. The molecule has 0 fully saturated rings. The molecule has 0 amide bonds. The highest BCUT2D eigenvalue weighted by Gasteiger charge is 2.37. The average Bonchev–Trinajstić information content (AvgIpc) is 2.26. The van der Waals surface area contributed by atoms with Crippen LogP contribution in [0.15, 0.2) is 12.1 Å². The van der Waals surface area contributed by atoms with Crippen LogP contribution in [-0.2, 0) is 5.41 Å². The Kier molecular flexibility index (Phi) is 2.62. The van der Waals surface area contributed by atoms with Crippen LogP contribution in [0.2, 0.25) is 0 Å². The van der Waals surface area contributed by atoms with Gasteiger partial charge < -0.3 is 0 Å². The molecule has 88 valence electrons. The molecule has 0 radical (unpaired) electrons. The van der Waals surface area contributed by atoms with Gasteiger partial charge in [0, 0.05) is 17.5 Å². The Labute approximate surface area is 103 Å². The molecule has 1 heteroatoms. The van der Waals surface area contributed by atoms with Crippen LogP contribution in [0.3, 0.4) is 0 Å². The molecule has 0 bridgehead atoms. The molecular weight excluding hydrogens is 208 g/mol. The summed E-state index contributed by atoms with van der Waals surface area (Å²) in [6, 6.07) is 3.98. The lowest BCUT2D eigenvalue weighted by Crippen LogP contribution is -2.35. The monoisotopic (exact) mass is 226 g/mol. The quantitative estimate of drug-likeness (QED) is 0.619. The zero-order valence-electron chi connectivity index (χ0n) is 10.9. The normalized spacial score (nSPS) is 21.8. The lowest BCUT2D eigenvalue weighted by atomic mass is 9.65. The first-order valence-corrected chi connectivity index (χ1v) is 6.03. The summed E-state index contributed by atoms with van der Waals surface area (Å²) in [5.41, 5.74) is 3.94. The van der Waals surface area contributed by atoms with E-state index in [0.717, 1.165) is 22.3 Å². The molecule has 1 aliphatic rings. The van der Waals surface area contributed by atoms with E-state index in [1.165, 1.54) is 0 Å². The highest BCUT2D eigenvalue weighted by molar-refractivity contribution is 5.99. The molecule has 0 aliphatic heterocycles. The van der Waals surface area contributed by atoms with Crippen LogP contribution >= 0.6 is 0 Å². The van der Waals surface area contributed by atoms with Crippen molar-refractivity contribution in [3.63, 3.8) is 0 Å². The summed E-state index contributed by atoms with van der Waals surface area (Å²) in [6.45, 7) is 8.57. The van der Waals surface area contributed by atoms with E-state index in [0.29, 0.717) is 12.3 Å². The second kappa shape index (κ2) is 3.74. The fraction of sp³-hybridized carbons (Fsp3) is 0.438. The van der Waals surface area contributed by atoms with Crippen LogP contribution in [-0.4, -0.2) is 5.78 Å². The molecule has 1 aromatic rings. The van der Waals surface area contributed by atoms with Crippen LogP contribution < -0.4 is 0 Å². The highest BCUT2D eigenvalue weighted by atomic mass is 16.1. The van der Waals surface area contributed by atoms with Crippen molar-refractivity contribution in [1.29, 1.82) is 0 Å². The first-order chi connectivity index (χ1) is 7.87. The Morgan fingerprint density at radius 2 is 2.06 bits per heavy atom. The summed E-state index contributed by atoms with van der Waals surface area (Å²) in [5.74, 6) is 3.25. The van der Waals surface area contributed by atoms with Crippen molar-refractivity contribution in [1.82, 2.24) is 0 Å². The topological polar surface area (TPSA) is 17.1 Å². The van der Waals surface area contributed by atoms with Gasteiger partial charge in [-0.2, -0.15) is 0 Å². The number of hydrogen-bond donors (Lipinski definition) is 0. The number of rotatable bonds is 0. The van der Waals surface area contributed by atoms with Gasteiger partial charge in [-0.3, -0.25) is 4.79 Å². The van der Waals surface area contributed by atoms with Gasteiger partial charge >= 0.3 is 0 Å². The Morgan fingerprint density at radius 3 is 2.65 bits per heavy atom. The van der Waals surface area contributed by atoms with Crippen molar-refractivity contribution in [3.05, 3.63) is 34.4 Å². The minimum absolute atomic E-state index is 0.0428. The predicted octanol–water partition coefficient (Wildman–Crippen LogP) is 3.48. The average molecular weight is 226 g/mol. The van der Waals surface area contributed by atoms with Gasteiger partial charge in [0.15, 0.2) is 5.78 Å². The fourth-order valence-electron chi connectivity index (χ4n) is 2.54. The van der Waals surface area contributed by atoms with E-state index >= 15 is 0 Å². The minimum Gasteiger partial charge on any atom is -0.294 e. The highest BCUT2D eigenvalue weighted by Crippen LogP contribution is 2.41. The molecule has 1 nitrogen and oxygen atoms in total. The van der Waals surface area contributed by atoms with E-state index in [4.69, 9.17) is 6.42 Å². The minimum atomic E-state index is 0.0428. The van der Waals surface area contributed by atoms with Crippen molar-refractivity contribution in [3.8, 4) is 12.3 Å². The largest absolute Gasteiger partial charge is 0.294 e. The molecule has 0 spiro atoms. The van der Waals surface area contributed by atoms with E-state index in [-0.39, 0.29) is 11.2 Å². The summed E-state index contributed by atoms with van der Waals surface area (Å²) in [4.78, 5) is 12.1. The van der Waals surface area contributed by atoms with E-state index < -0.39 is 0 Å². The summed E-state index contributed by atoms with van der Waals surface area (Å²) in [7, 11) is 0. The van der Waals surface area contributed by atoms with Gasteiger partial charge in [0.25, 0.3) is 0 Å². The lowest BCUT2D eigenvalue weighted by molar-refractivity contribution is 0.0920. The third-order valence-corrected chi connectivity index (χ3v) is 4.24. The van der Waals surface area contributed by atoms with Crippen molar-refractivity contribution in [2.75, 3.05) is 0 Å². The zero-order chi connectivity index (χ0) is 12.8. The third-order valence-electron chi connectivity index (χ3n) is 4.24. The van der Waals surface area contributed by atoms with Crippen LogP contribution in [0.5, 0.6) is 0 Å². The van der Waals surface area contributed by atoms with Gasteiger partial charge in [-0.05, 0) is 35.4 Å². The number of ketones is 1. The number of aryl methyl sites for hydroxylation is 1. The molecule has 0 aromatic heterocycles. The molecule has 0 N–H and O–H groups in total. The zero-order valence-corrected chi connectivity index (χ0v) is 10.9. The van der Waals surface area contributed by atoms with Gasteiger partial charge in [0.1, 0.15) is 0 Å². The first kappa shape index (κ1) is 11.9. The van der Waals surface area contributed by atoms with Crippen molar-refractivity contribution >= 4 is 5.78 Å². The number of carbonyl (C=O) groups excluding carboxylic acids is 1. The summed E-state index contributed by atoms with van der Waals surface area (Å²) in [6.07, 6.45) is 6.08. The molecule has 1 aliphatic carbocycles. The van der Waals surface area contributed by atoms with E-state index in [9.17, 15) is 4.79 Å². The maximum absolute atomic E-state index is 12.1. The van der Waals surface area contributed by atoms with Crippen LogP contribution in [0.25, 0.3) is 0 Å². The summed E-state index contributed by atoms with van der Waals surface area (Å²) in [5, 5.41) is 0. The fourth-order valence-corrected chi connectivity index (χ4v) is 2.54. The molecule has 0 heterocycles. The van der Waals surface area contributed by atoms with Crippen LogP contribution in [0.1, 0.15) is 54.2 Å². The molecule has 17 heavy (non-hydrogen) atoms. The smallest absolute Gasteiger partial charge is 0.163 e. The van der Waals surface area contributed by atoms with E-state index in [1.54, 1.807) is 0 Å². The van der Waals surface area contributed by atoms with Crippen molar-refractivity contribution in [2.24, 2.45) is 5.92 Å². The standard InChI is InChI=1S/C16H18O/c1-6-12-9-13-14(7-10(12)2)16(4,5)11(3)8-15(13)17/h1,7,9,11H,8H2,2-5H3. The van der Waals surface area contributed by atoms with Crippen LogP contribution in [0, 0.1) is 25.2 Å². The maximum atomic E-state index is 12.1. The second-order valence-corrected chi connectivity index (χ2v) is 5.61. The van der Waals surface area contributed by atoms with E-state index in [2.05, 4.69) is 32.8 Å². The van der Waals surface area contributed by atoms with Gasteiger partial charge in [-0.15, -0.1) is 6.42 Å². The molecular formula is C16H18O. The predicted molar refractivity (Wildman–Crippen MR) is 70.3 cm³/mol. The molecule has 2 rings (SSSR count). The number of Topliss-reactive ketones (excluding diaryl/α,β-unsaturated/α-hetero) is 1. The van der Waals surface area contributed by atoms with Gasteiger partial charge in [0.05, 0.1) is 0 Å². The molecule has 0 saturated carbocycles. The van der Waals surface area contributed by atoms with Gasteiger partial charge in [-0.1, -0.05) is 32.8 Å². The van der Waals surface area contributed by atoms with Gasteiger partial charge in [0.2, 0.25) is 0 Å². The number of benzene rings is 1. The SMILES string of the molecule is C#Cc1cc2c(cc1C)C(C)(C)C(C)CC2=O. The Morgan fingerprint density at radius 1 is 1.41 bits per heavy atom. The number of hydrogen-bond acceptors (Lipinski definition) is 1. The van der Waals surface area contributed by atoms with E-state index in [1.807, 2.05) is 13.0 Å². The maximum Gasteiger partial charge on any atom is 0.163 e. The Hall–Kier alpha value is -1.55. The molecule has 1 aromatic carbocycles. The van der Waals surface area contributed by atoms with Crippen LogP contribution in [0.4, 0.5) is 0 Å². The summed E-state index contributed by atoms with van der Waals surface area (Å²) >= 11 is 0. The number of terminal acetylenes is 1. The van der Waals surface area contributed by atoms with Crippen molar-refractivity contribution in [2.45, 2.75) is 39.5 Å². The summed E-state index contributed by atoms with van der Waals surface area (Å²) < 4.78 is 0. The molecule has 1 unspecified atom stereocenters.